The number of rotatable bonds is 3. The Morgan fingerprint density at radius 1 is 1.56 bits per heavy atom. The molecule has 0 saturated heterocycles. The van der Waals surface area contributed by atoms with Crippen LogP contribution >= 0.6 is 22.9 Å². The molecule has 2 aromatic rings. The molecule has 0 saturated carbocycles. The number of amides is 1. The zero-order valence-corrected chi connectivity index (χ0v) is 10.9. The number of nitrogen functional groups attached to an aromatic ring is 1. The first-order valence-corrected chi connectivity index (χ1v) is 6.28. The van der Waals surface area contributed by atoms with E-state index in [0.717, 1.165) is 11.3 Å². The molecule has 0 atom stereocenters. The van der Waals surface area contributed by atoms with Crippen molar-refractivity contribution in [1.82, 2.24) is 5.32 Å². The van der Waals surface area contributed by atoms with E-state index in [0.29, 0.717) is 9.73 Å². The van der Waals surface area contributed by atoms with Gasteiger partial charge in [-0.25, -0.2) is 4.39 Å². The van der Waals surface area contributed by atoms with E-state index in [-0.39, 0.29) is 28.4 Å². The minimum atomic E-state index is -0.429. The summed E-state index contributed by atoms with van der Waals surface area (Å²) < 4.78 is 14.2. The quantitative estimate of drug-likeness (QED) is 0.910. The largest absolute Gasteiger partial charge is 0.397 e. The van der Waals surface area contributed by atoms with Crippen LogP contribution in [0.25, 0.3) is 10.1 Å². The van der Waals surface area contributed by atoms with Gasteiger partial charge in [-0.15, -0.1) is 11.3 Å². The first kappa shape index (κ1) is 12.9. The fourth-order valence-corrected chi connectivity index (χ4v) is 2.67. The van der Waals surface area contributed by atoms with Crippen molar-refractivity contribution in [3.63, 3.8) is 0 Å². The number of carbonyl (C=O) groups excluding carboxylic acids is 1. The second-order valence-electron chi connectivity index (χ2n) is 3.66. The second kappa shape index (κ2) is 4.96. The van der Waals surface area contributed by atoms with Gasteiger partial charge in [-0.1, -0.05) is 24.2 Å². The number of benzene rings is 1. The number of nitrogens with one attached hydrogen (secondary N) is 1. The van der Waals surface area contributed by atoms with E-state index in [9.17, 15) is 9.18 Å². The molecule has 0 aliphatic carbocycles. The molecule has 0 aliphatic heterocycles. The zero-order chi connectivity index (χ0) is 13.3. The number of fused-ring (bicyclic) bond motifs is 1. The van der Waals surface area contributed by atoms with Crippen LogP contribution in [0.15, 0.2) is 29.8 Å². The van der Waals surface area contributed by atoms with Crippen LogP contribution in [0.5, 0.6) is 0 Å². The van der Waals surface area contributed by atoms with E-state index in [2.05, 4.69) is 11.9 Å². The molecule has 2 rings (SSSR count). The van der Waals surface area contributed by atoms with Gasteiger partial charge >= 0.3 is 0 Å². The highest BCUT2D eigenvalue weighted by atomic mass is 35.5. The lowest BCUT2D eigenvalue weighted by atomic mass is 10.2. The molecule has 1 amide bonds. The maximum absolute atomic E-state index is 13.6. The van der Waals surface area contributed by atoms with E-state index >= 15 is 0 Å². The number of anilines is 1. The van der Waals surface area contributed by atoms with Gasteiger partial charge in [0.2, 0.25) is 0 Å². The Hall–Kier alpha value is -1.59. The molecule has 3 N–H and O–H groups in total. The molecule has 0 unspecified atom stereocenters. The van der Waals surface area contributed by atoms with Crippen LogP contribution in [0.3, 0.4) is 0 Å². The molecule has 0 spiro atoms. The summed E-state index contributed by atoms with van der Waals surface area (Å²) in [6.07, 6.45) is 0. The van der Waals surface area contributed by atoms with E-state index < -0.39 is 5.82 Å². The van der Waals surface area contributed by atoms with Crippen LogP contribution in [-0.2, 0) is 0 Å². The monoisotopic (exact) mass is 284 g/mol. The highest BCUT2D eigenvalue weighted by Gasteiger charge is 2.18. The minimum Gasteiger partial charge on any atom is -0.397 e. The number of hydrogen-bond donors (Lipinski definition) is 2. The van der Waals surface area contributed by atoms with Crippen LogP contribution in [0, 0.1) is 5.82 Å². The van der Waals surface area contributed by atoms with Gasteiger partial charge in [-0.3, -0.25) is 4.79 Å². The van der Waals surface area contributed by atoms with Gasteiger partial charge in [0.1, 0.15) is 10.7 Å². The molecular weight excluding hydrogens is 275 g/mol. The van der Waals surface area contributed by atoms with Gasteiger partial charge < -0.3 is 11.1 Å². The molecule has 0 bridgehead atoms. The van der Waals surface area contributed by atoms with Crippen LogP contribution < -0.4 is 11.1 Å². The molecule has 0 fully saturated rings. The first-order valence-electron chi connectivity index (χ1n) is 5.08. The molecular formula is C12H10ClFN2OS. The lowest BCUT2D eigenvalue weighted by molar-refractivity contribution is 0.0962. The van der Waals surface area contributed by atoms with Crippen molar-refractivity contribution in [2.75, 3.05) is 12.3 Å². The Morgan fingerprint density at radius 2 is 2.28 bits per heavy atom. The highest BCUT2D eigenvalue weighted by molar-refractivity contribution is 7.21. The summed E-state index contributed by atoms with van der Waals surface area (Å²) in [6.45, 7) is 3.61. The van der Waals surface area contributed by atoms with E-state index in [1.165, 1.54) is 6.07 Å². The Morgan fingerprint density at radius 3 is 2.89 bits per heavy atom. The molecule has 94 valence electrons. The van der Waals surface area contributed by atoms with Gasteiger partial charge in [0.25, 0.3) is 5.91 Å². The normalized spacial score (nSPS) is 10.6. The lowest BCUT2D eigenvalue weighted by Crippen LogP contribution is -2.24. The summed E-state index contributed by atoms with van der Waals surface area (Å²) in [4.78, 5) is 12.1. The smallest absolute Gasteiger partial charge is 0.263 e. The van der Waals surface area contributed by atoms with Crippen molar-refractivity contribution in [2.45, 2.75) is 0 Å². The van der Waals surface area contributed by atoms with Crippen LogP contribution in [0.1, 0.15) is 9.67 Å². The van der Waals surface area contributed by atoms with E-state index in [1.54, 1.807) is 12.1 Å². The van der Waals surface area contributed by atoms with Crippen molar-refractivity contribution in [1.29, 1.82) is 0 Å². The Kier molecular flexibility index (Phi) is 3.54. The number of hydrogen-bond acceptors (Lipinski definition) is 3. The topological polar surface area (TPSA) is 55.1 Å². The van der Waals surface area contributed by atoms with Gasteiger partial charge in [-0.2, -0.15) is 0 Å². The maximum Gasteiger partial charge on any atom is 0.263 e. The Bertz CT molecular complexity index is 638. The number of thiophene rings is 1. The number of nitrogens with two attached hydrogens (primary N) is 1. The van der Waals surface area contributed by atoms with Gasteiger partial charge in [0.15, 0.2) is 0 Å². The van der Waals surface area contributed by atoms with Crippen molar-refractivity contribution in [3.05, 3.63) is 40.5 Å². The van der Waals surface area contributed by atoms with Crippen molar-refractivity contribution in [2.24, 2.45) is 0 Å². The zero-order valence-electron chi connectivity index (χ0n) is 9.30. The molecule has 0 radical (unpaired) electrons. The maximum atomic E-state index is 13.6. The third kappa shape index (κ3) is 2.32. The lowest BCUT2D eigenvalue weighted by Gasteiger charge is -2.02. The highest BCUT2D eigenvalue weighted by Crippen LogP contribution is 2.35. The van der Waals surface area contributed by atoms with Crippen LogP contribution in [0.4, 0.5) is 10.1 Å². The summed E-state index contributed by atoms with van der Waals surface area (Å²) in [5.74, 6) is -0.808. The first-order chi connectivity index (χ1) is 8.50. The summed E-state index contributed by atoms with van der Waals surface area (Å²) in [5.41, 5.74) is 5.96. The molecule has 0 aliphatic rings. The van der Waals surface area contributed by atoms with Gasteiger partial charge in [0, 0.05) is 9.73 Å². The van der Waals surface area contributed by atoms with Gasteiger partial charge in [-0.05, 0) is 12.1 Å². The fourth-order valence-electron chi connectivity index (χ4n) is 1.55. The van der Waals surface area contributed by atoms with Gasteiger partial charge in [0.05, 0.1) is 17.6 Å². The predicted octanol–water partition coefficient (Wildman–Crippen LogP) is 3.10. The van der Waals surface area contributed by atoms with Crippen LogP contribution in [-0.4, -0.2) is 12.5 Å². The molecule has 18 heavy (non-hydrogen) atoms. The molecule has 3 nitrogen and oxygen atoms in total. The second-order valence-corrected chi connectivity index (χ2v) is 5.24. The minimum absolute atomic E-state index is 0.149. The number of carbonyl (C=O) groups is 1. The summed E-state index contributed by atoms with van der Waals surface area (Å²) in [5, 5.41) is 3.16. The average Bonchev–Trinajstić information content (AvgIpc) is 2.65. The van der Waals surface area contributed by atoms with Crippen LogP contribution in [0.2, 0.25) is 0 Å². The average molecular weight is 285 g/mol. The Balaban J connectivity index is 2.40. The van der Waals surface area contributed by atoms with E-state index in [4.69, 9.17) is 17.3 Å². The predicted molar refractivity (Wildman–Crippen MR) is 73.5 cm³/mol. The van der Waals surface area contributed by atoms with Crippen molar-refractivity contribution >= 4 is 44.6 Å². The summed E-state index contributed by atoms with van der Waals surface area (Å²) >= 11 is 6.70. The Labute approximate surface area is 112 Å². The third-order valence-corrected chi connectivity index (χ3v) is 3.65. The summed E-state index contributed by atoms with van der Waals surface area (Å²) in [6, 6.07) is 4.61. The molecule has 1 aromatic carbocycles. The number of halogens is 2. The standard InChI is InChI=1S/C12H10ClFN2OS/c1-6(13)5-16-12(17)11-10(15)9-7(14)3-2-4-8(9)18-11/h2-4H,1,5,15H2,(H,16,17). The van der Waals surface area contributed by atoms with Crippen molar-refractivity contribution < 1.29 is 9.18 Å². The third-order valence-electron chi connectivity index (χ3n) is 2.35. The molecule has 1 heterocycles. The SMILES string of the molecule is C=C(Cl)CNC(=O)c1sc2cccc(F)c2c1N. The van der Waals surface area contributed by atoms with Crippen molar-refractivity contribution in [3.8, 4) is 0 Å². The molecule has 6 heteroatoms. The fraction of sp³-hybridized carbons (Fsp3) is 0.0833. The van der Waals surface area contributed by atoms with E-state index in [1.807, 2.05) is 0 Å². The molecule has 1 aromatic heterocycles. The summed E-state index contributed by atoms with van der Waals surface area (Å²) in [7, 11) is 0.